The molecule has 0 fully saturated rings. The van der Waals surface area contributed by atoms with E-state index in [0.717, 1.165) is 30.6 Å². The van der Waals surface area contributed by atoms with E-state index in [4.69, 9.17) is 0 Å². The Kier molecular flexibility index (Phi) is 6.23. The SMILES string of the molecule is O=C(CCC(=O)N(c1ccccc1)c1ccccc1)N[C@@H]1CCCc2ccccc21. The molecular weight excluding hydrogens is 372 g/mol. The predicted molar refractivity (Wildman–Crippen MR) is 120 cm³/mol. The topological polar surface area (TPSA) is 49.4 Å². The molecule has 2 amide bonds. The van der Waals surface area contributed by atoms with Gasteiger partial charge in [-0.25, -0.2) is 0 Å². The van der Waals surface area contributed by atoms with Crippen molar-refractivity contribution in [3.05, 3.63) is 96.1 Å². The van der Waals surface area contributed by atoms with Gasteiger partial charge in [0.2, 0.25) is 11.8 Å². The van der Waals surface area contributed by atoms with Crippen LogP contribution in [0.25, 0.3) is 0 Å². The minimum Gasteiger partial charge on any atom is -0.349 e. The number of hydrogen-bond acceptors (Lipinski definition) is 2. The molecule has 4 nitrogen and oxygen atoms in total. The van der Waals surface area contributed by atoms with Gasteiger partial charge in [0.25, 0.3) is 0 Å². The summed E-state index contributed by atoms with van der Waals surface area (Å²) in [6.45, 7) is 0. The number of aryl methyl sites for hydroxylation is 1. The van der Waals surface area contributed by atoms with Crippen LogP contribution in [0.4, 0.5) is 11.4 Å². The second kappa shape index (κ2) is 9.40. The molecule has 4 rings (SSSR count). The van der Waals surface area contributed by atoms with E-state index in [1.54, 1.807) is 4.90 Å². The Labute approximate surface area is 177 Å². The summed E-state index contributed by atoms with van der Waals surface area (Å²) in [7, 11) is 0. The minimum atomic E-state index is -0.0911. The summed E-state index contributed by atoms with van der Waals surface area (Å²) in [5.41, 5.74) is 4.12. The monoisotopic (exact) mass is 398 g/mol. The molecule has 0 bridgehead atoms. The fourth-order valence-corrected chi connectivity index (χ4v) is 4.09. The predicted octanol–water partition coefficient (Wildman–Crippen LogP) is 5.33. The molecule has 0 heterocycles. The molecule has 1 aliphatic carbocycles. The van der Waals surface area contributed by atoms with Gasteiger partial charge in [0.15, 0.2) is 0 Å². The first-order valence-corrected chi connectivity index (χ1v) is 10.5. The summed E-state index contributed by atoms with van der Waals surface area (Å²) in [6.07, 6.45) is 3.40. The first-order chi connectivity index (χ1) is 14.7. The lowest BCUT2D eigenvalue weighted by molar-refractivity contribution is -0.125. The fourth-order valence-electron chi connectivity index (χ4n) is 4.09. The average molecular weight is 399 g/mol. The molecule has 0 saturated carbocycles. The molecule has 3 aromatic rings. The number of nitrogens with one attached hydrogen (secondary N) is 1. The normalized spacial score (nSPS) is 15.1. The first-order valence-electron chi connectivity index (χ1n) is 10.5. The third-order valence-electron chi connectivity index (χ3n) is 5.55. The molecule has 0 spiro atoms. The zero-order valence-electron chi connectivity index (χ0n) is 17.0. The molecule has 0 unspecified atom stereocenters. The van der Waals surface area contributed by atoms with Crippen LogP contribution in [-0.4, -0.2) is 11.8 Å². The molecule has 30 heavy (non-hydrogen) atoms. The summed E-state index contributed by atoms with van der Waals surface area (Å²) in [5.74, 6) is -0.169. The molecule has 1 aliphatic rings. The van der Waals surface area contributed by atoms with Crippen LogP contribution >= 0.6 is 0 Å². The molecule has 0 aromatic heterocycles. The quantitative estimate of drug-likeness (QED) is 0.610. The highest BCUT2D eigenvalue weighted by Crippen LogP contribution is 2.30. The van der Waals surface area contributed by atoms with Crippen molar-refractivity contribution in [1.29, 1.82) is 0 Å². The van der Waals surface area contributed by atoms with Crippen LogP contribution in [0.3, 0.4) is 0 Å². The number of rotatable bonds is 6. The van der Waals surface area contributed by atoms with Crippen molar-refractivity contribution in [2.45, 2.75) is 38.1 Å². The zero-order valence-corrected chi connectivity index (χ0v) is 17.0. The molecule has 152 valence electrons. The van der Waals surface area contributed by atoms with Gasteiger partial charge in [0, 0.05) is 24.2 Å². The molecule has 0 aliphatic heterocycles. The number of nitrogens with zero attached hydrogens (tertiary/aromatic N) is 1. The summed E-state index contributed by atoms with van der Waals surface area (Å²) < 4.78 is 0. The number of carbonyl (C=O) groups excluding carboxylic acids is 2. The van der Waals surface area contributed by atoms with Crippen LogP contribution in [0.5, 0.6) is 0 Å². The zero-order chi connectivity index (χ0) is 20.8. The Morgan fingerprint density at radius 2 is 1.40 bits per heavy atom. The molecular formula is C26H26N2O2. The number of amides is 2. The Balaban J connectivity index is 1.42. The maximum Gasteiger partial charge on any atom is 0.232 e. The van der Waals surface area contributed by atoms with Crippen molar-refractivity contribution in [3.63, 3.8) is 0 Å². The highest BCUT2D eigenvalue weighted by molar-refractivity contribution is 6.01. The van der Waals surface area contributed by atoms with Crippen LogP contribution in [-0.2, 0) is 16.0 Å². The van der Waals surface area contributed by atoms with Crippen LogP contribution in [0.15, 0.2) is 84.9 Å². The molecule has 0 saturated heterocycles. The van der Waals surface area contributed by atoms with E-state index in [9.17, 15) is 9.59 Å². The lowest BCUT2D eigenvalue weighted by Gasteiger charge is -2.26. The van der Waals surface area contributed by atoms with Gasteiger partial charge < -0.3 is 5.32 Å². The maximum absolute atomic E-state index is 13.1. The van der Waals surface area contributed by atoms with Crippen molar-refractivity contribution >= 4 is 23.2 Å². The lowest BCUT2D eigenvalue weighted by atomic mass is 9.87. The van der Waals surface area contributed by atoms with Gasteiger partial charge in [-0.05, 0) is 54.7 Å². The van der Waals surface area contributed by atoms with Crippen molar-refractivity contribution in [3.8, 4) is 0 Å². The third kappa shape index (κ3) is 4.60. The number of hydrogen-bond donors (Lipinski definition) is 1. The molecule has 1 atom stereocenters. The van der Waals surface area contributed by atoms with Gasteiger partial charge in [-0.3, -0.25) is 14.5 Å². The van der Waals surface area contributed by atoms with Crippen molar-refractivity contribution in [2.75, 3.05) is 4.90 Å². The van der Waals surface area contributed by atoms with Gasteiger partial charge in [-0.15, -0.1) is 0 Å². The van der Waals surface area contributed by atoms with Crippen LogP contribution in [0.1, 0.15) is 42.9 Å². The number of carbonyl (C=O) groups is 2. The molecule has 4 heteroatoms. The number of benzene rings is 3. The highest BCUT2D eigenvalue weighted by atomic mass is 16.2. The minimum absolute atomic E-state index is 0.0388. The van der Waals surface area contributed by atoms with Gasteiger partial charge in [-0.2, -0.15) is 0 Å². The van der Waals surface area contributed by atoms with E-state index < -0.39 is 0 Å². The Bertz CT molecular complexity index is 962. The third-order valence-corrected chi connectivity index (χ3v) is 5.55. The Morgan fingerprint density at radius 1 is 0.800 bits per heavy atom. The van der Waals surface area contributed by atoms with Crippen molar-refractivity contribution in [2.24, 2.45) is 0 Å². The fraction of sp³-hybridized carbons (Fsp3) is 0.231. The number of para-hydroxylation sites is 2. The van der Waals surface area contributed by atoms with Crippen LogP contribution < -0.4 is 10.2 Å². The van der Waals surface area contributed by atoms with Crippen LogP contribution in [0.2, 0.25) is 0 Å². The van der Waals surface area contributed by atoms with E-state index in [0.29, 0.717) is 0 Å². The van der Waals surface area contributed by atoms with Gasteiger partial charge in [0.1, 0.15) is 0 Å². The average Bonchev–Trinajstić information content (AvgIpc) is 2.80. The van der Waals surface area contributed by atoms with Gasteiger partial charge >= 0.3 is 0 Å². The highest BCUT2D eigenvalue weighted by Gasteiger charge is 2.23. The standard InChI is InChI=1S/C26H26N2O2/c29-25(27-24-17-9-11-20-10-7-8-16-23(20)24)18-19-26(30)28(21-12-3-1-4-13-21)22-14-5-2-6-15-22/h1-8,10,12-16,24H,9,11,17-19H2,(H,27,29)/t24-/m1/s1. The first kappa shape index (κ1) is 19.9. The van der Waals surface area contributed by atoms with E-state index in [2.05, 4.69) is 17.4 Å². The maximum atomic E-state index is 13.1. The largest absolute Gasteiger partial charge is 0.349 e. The number of fused-ring (bicyclic) bond motifs is 1. The van der Waals surface area contributed by atoms with E-state index in [1.807, 2.05) is 72.8 Å². The molecule has 1 N–H and O–H groups in total. The van der Waals surface area contributed by atoms with Gasteiger partial charge in [0.05, 0.1) is 6.04 Å². The Morgan fingerprint density at radius 3 is 2.07 bits per heavy atom. The van der Waals surface area contributed by atoms with Gasteiger partial charge in [-0.1, -0.05) is 60.7 Å². The second-order valence-corrected chi connectivity index (χ2v) is 7.61. The van der Waals surface area contributed by atoms with E-state index >= 15 is 0 Å². The van der Waals surface area contributed by atoms with Crippen LogP contribution in [0, 0.1) is 0 Å². The summed E-state index contributed by atoms with van der Waals surface area (Å²) >= 11 is 0. The van der Waals surface area contributed by atoms with Crippen molar-refractivity contribution < 1.29 is 9.59 Å². The molecule has 0 radical (unpaired) electrons. The number of anilines is 2. The summed E-state index contributed by atoms with van der Waals surface area (Å²) in [4.78, 5) is 27.4. The van der Waals surface area contributed by atoms with E-state index in [-0.39, 0.29) is 30.7 Å². The lowest BCUT2D eigenvalue weighted by Crippen LogP contribution is -2.32. The second-order valence-electron chi connectivity index (χ2n) is 7.61. The molecule has 3 aromatic carbocycles. The Hall–Kier alpha value is -3.40. The van der Waals surface area contributed by atoms with Crippen molar-refractivity contribution in [1.82, 2.24) is 5.32 Å². The summed E-state index contributed by atoms with van der Waals surface area (Å²) in [6, 6.07) is 27.4. The van der Waals surface area contributed by atoms with E-state index in [1.165, 1.54) is 11.1 Å². The smallest absolute Gasteiger partial charge is 0.232 e. The summed E-state index contributed by atoms with van der Waals surface area (Å²) in [5, 5.41) is 3.14.